The summed E-state index contributed by atoms with van der Waals surface area (Å²) in [5.74, 6) is 1.93. The van der Waals surface area contributed by atoms with Gasteiger partial charge < -0.3 is 23.8 Å². The van der Waals surface area contributed by atoms with Crippen LogP contribution in [0, 0.1) is 5.82 Å². The molecule has 0 saturated heterocycles. The molecule has 1 unspecified atom stereocenters. The molecule has 5 rings (SSSR count). The van der Waals surface area contributed by atoms with Gasteiger partial charge in [-0.15, -0.1) is 0 Å². The zero-order valence-corrected chi connectivity index (χ0v) is 28.6. The van der Waals surface area contributed by atoms with Crippen molar-refractivity contribution in [1.82, 2.24) is 14.7 Å². The number of nitrogens with zero attached hydrogens (tertiary/aromatic N) is 3. The van der Waals surface area contributed by atoms with Gasteiger partial charge in [0.1, 0.15) is 12.4 Å². The Hall–Kier alpha value is -4.38. The molecule has 1 aromatic heterocycles. The third-order valence-corrected chi connectivity index (χ3v) is 8.49. The van der Waals surface area contributed by atoms with E-state index in [9.17, 15) is 14.0 Å². The Morgan fingerprint density at radius 2 is 1.51 bits per heavy atom. The fraction of sp³-hybridized carbons (Fsp3) is 0.361. The van der Waals surface area contributed by atoms with E-state index in [-0.39, 0.29) is 23.0 Å². The second-order valence-electron chi connectivity index (χ2n) is 10.9. The molecule has 248 valence electrons. The minimum Gasteiger partial charge on any atom is -0.490 e. The SMILES string of the molecule is CCOc1ccc(CC2c3cc(OCC)c(OCC)cc3CCN2C(=O)Cn2nc(-c3ccc(F)c(Br)c3)ccc2=O)cc1OCC. The zero-order chi connectivity index (χ0) is 33.5. The van der Waals surface area contributed by atoms with Crippen molar-refractivity contribution in [2.45, 2.75) is 53.1 Å². The largest absolute Gasteiger partial charge is 0.490 e. The molecule has 11 heteroatoms. The number of amides is 1. The maximum Gasteiger partial charge on any atom is 0.267 e. The minimum atomic E-state index is -0.412. The van der Waals surface area contributed by atoms with Gasteiger partial charge in [-0.05, 0) is 122 Å². The van der Waals surface area contributed by atoms with Crippen LogP contribution < -0.4 is 24.5 Å². The van der Waals surface area contributed by atoms with Crippen LogP contribution in [-0.2, 0) is 24.2 Å². The van der Waals surface area contributed by atoms with Crippen LogP contribution in [0.5, 0.6) is 23.0 Å². The lowest BCUT2D eigenvalue weighted by Crippen LogP contribution is -2.44. The van der Waals surface area contributed by atoms with Crippen molar-refractivity contribution in [3.05, 3.63) is 98.0 Å². The van der Waals surface area contributed by atoms with Gasteiger partial charge in [0.2, 0.25) is 5.91 Å². The number of hydrogen-bond donors (Lipinski definition) is 0. The number of benzene rings is 3. The first-order valence-corrected chi connectivity index (χ1v) is 16.7. The Labute approximate surface area is 282 Å². The molecule has 47 heavy (non-hydrogen) atoms. The van der Waals surface area contributed by atoms with Gasteiger partial charge in [0, 0.05) is 18.2 Å². The highest BCUT2D eigenvalue weighted by Crippen LogP contribution is 2.41. The molecular weight excluding hydrogens is 669 g/mol. The van der Waals surface area contributed by atoms with Gasteiger partial charge in [0.05, 0.1) is 42.6 Å². The average molecular weight is 709 g/mol. The maximum atomic E-state index is 14.1. The Balaban J connectivity index is 1.52. The molecule has 0 N–H and O–H groups in total. The van der Waals surface area contributed by atoms with E-state index in [1.54, 1.807) is 18.2 Å². The summed E-state index contributed by atoms with van der Waals surface area (Å²) >= 11 is 3.20. The third kappa shape index (κ3) is 7.78. The summed E-state index contributed by atoms with van der Waals surface area (Å²) < 4.78 is 38.9. The van der Waals surface area contributed by atoms with E-state index in [0.29, 0.717) is 80.1 Å². The molecule has 9 nitrogen and oxygen atoms in total. The first kappa shape index (κ1) is 34.0. The van der Waals surface area contributed by atoms with Gasteiger partial charge in [-0.1, -0.05) is 6.07 Å². The molecule has 1 atom stereocenters. The van der Waals surface area contributed by atoms with E-state index >= 15 is 0 Å². The molecular formula is C36H39BrFN3O6. The Morgan fingerprint density at radius 1 is 0.851 bits per heavy atom. The van der Waals surface area contributed by atoms with E-state index in [1.807, 2.05) is 62.9 Å². The van der Waals surface area contributed by atoms with Crippen molar-refractivity contribution in [1.29, 1.82) is 0 Å². The van der Waals surface area contributed by atoms with Gasteiger partial charge >= 0.3 is 0 Å². The molecule has 0 radical (unpaired) electrons. The number of carbonyl (C=O) groups excluding carboxylic acids is 1. The van der Waals surface area contributed by atoms with E-state index < -0.39 is 11.4 Å². The van der Waals surface area contributed by atoms with Crippen LogP contribution in [-0.4, -0.2) is 53.6 Å². The highest BCUT2D eigenvalue weighted by Gasteiger charge is 2.33. The fourth-order valence-electron chi connectivity index (χ4n) is 5.80. The van der Waals surface area contributed by atoms with Gasteiger partial charge in [0.25, 0.3) is 5.56 Å². The first-order valence-electron chi connectivity index (χ1n) is 15.9. The first-order chi connectivity index (χ1) is 22.8. The predicted octanol–water partition coefficient (Wildman–Crippen LogP) is 6.78. The second-order valence-corrected chi connectivity index (χ2v) is 11.8. The van der Waals surface area contributed by atoms with E-state index in [2.05, 4.69) is 21.0 Å². The highest BCUT2D eigenvalue weighted by molar-refractivity contribution is 9.10. The molecule has 1 amide bonds. The molecule has 0 aliphatic carbocycles. The topological polar surface area (TPSA) is 92.1 Å². The van der Waals surface area contributed by atoms with Gasteiger partial charge in [0.15, 0.2) is 23.0 Å². The summed E-state index contributed by atoms with van der Waals surface area (Å²) in [5, 5.41) is 4.48. The molecule has 0 fully saturated rings. The lowest BCUT2D eigenvalue weighted by atomic mass is 9.88. The monoisotopic (exact) mass is 707 g/mol. The Kier molecular flexibility index (Phi) is 11.2. The molecule has 0 bridgehead atoms. The smallest absolute Gasteiger partial charge is 0.267 e. The van der Waals surface area contributed by atoms with Crippen LogP contribution in [0.1, 0.15) is 50.4 Å². The summed E-state index contributed by atoms with van der Waals surface area (Å²) in [6.07, 6.45) is 1.08. The molecule has 1 aliphatic rings. The van der Waals surface area contributed by atoms with Crippen LogP contribution in [0.15, 0.2) is 69.9 Å². The predicted molar refractivity (Wildman–Crippen MR) is 181 cm³/mol. The number of hydrogen-bond acceptors (Lipinski definition) is 7. The number of fused-ring (bicyclic) bond motifs is 1. The van der Waals surface area contributed by atoms with Crippen molar-refractivity contribution in [2.75, 3.05) is 33.0 Å². The molecule has 4 aromatic rings. The van der Waals surface area contributed by atoms with Crippen LogP contribution in [0.25, 0.3) is 11.3 Å². The lowest BCUT2D eigenvalue weighted by molar-refractivity contribution is -0.135. The van der Waals surface area contributed by atoms with Gasteiger partial charge in [-0.25, -0.2) is 9.07 Å². The third-order valence-electron chi connectivity index (χ3n) is 7.89. The minimum absolute atomic E-state index is 0.254. The van der Waals surface area contributed by atoms with Crippen molar-refractivity contribution < 1.29 is 28.1 Å². The van der Waals surface area contributed by atoms with Crippen LogP contribution in [0.2, 0.25) is 0 Å². The Morgan fingerprint density at radius 3 is 2.19 bits per heavy atom. The average Bonchev–Trinajstić information content (AvgIpc) is 3.05. The molecule has 3 aromatic carbocycles. The molecule has 0 saturated carbocycles. The zero-order valence-electron chi connectivity index (χ0n) is 27.1. The number of carbonyl (C=O) groups is 1. The lowest BCUT2D eigenvalue weighted by Gasteiger charge is -2.38. The Bertz CT molecular complexity index is 1800. The summed E-state index contributed by atoms with van der Waals surface area (Å²) in [7, 11) is 0. The molecule has 1 aliphatic heterocycles. The van der Waals surface area contributed by atoms with Crippen molar-refractivity contribution in [3.63, 3.8) is 0 Å². The van der Waals surface area contributed by atoms with E-state index in [0.717, 1.165) is 21.4 Å². The molecule has 0 spiro atoms. The van der Waals surface area contributed by atoms with E-state index in [1.165, 1.54) is 12.1 Å². The van der Waals surface area contributed by atoms with Gasteiger partial charge in [-0.2, -0.15) is 5.10 Å². The quantitative estimate of drug-likeness (QED) is 0.151. The number of aromatic nitrogens is 2. The second kappa shape index (κ2) is 15.5. The van der Waals surface area contributed by atoms with Crippen molar-refractivity contribution in [3.8, 4) is 34.3 Å². The van der Waals surface area contributed by atoms with Crippen LogP contribution in [0.3, 0.4) is 0 Å². The number of rotatable bonds is 13. The number of halogens is 2. The van der Waals surface area contributed by atoms with Crippen LogP contribution >= 0.6 is 15.9 Å². The summed E-state index contributed by atoms with van der Waals surface area (Å²) in [6.45, 7) is 9.81. The summed E-state index contributed by atoms with van der Waals surface area (Å²) in [6, 6.07) is 16.9. The normalized spacial score (nSPS) is 14.0. The van der Waals surface area contributed by atoms with Gasteiger partial charge in [-0.3, -0.25) is 9.59 Å². The summed E-state index contributed by atoms with van der Waals surface area (Å²) in [4.78, 5) is 28.9. The highest BCUT2D eigenvalue weighted by atomic mass is 79.9. The molecule has 2 heterocycles. The van der Waals surface area contributed by atoms with Crippen molar-refractivity contribution in [2.24, 2.45) is 0 Å². The fourth-order valence-corrected chi connectivity index (χ4v) is 6.18. The van der Waals surface area contributed by atoms with Crippen molar-refractivity contribution >= 4 is 21.8 Å². The standard InChI is InChI=1S/C36H39BrFN3O6/c1-5-44-31-13-9-23(18-32(31)45-6-2)17-30-26-21-34(47-8-4)33(46-7-3)20-24(26)15-16-40(30)36(43)22-41-35(42)14-12-29(39-41)25-10-11-28(38)27(37)19-25/h9-14,18-21,30H,5-8,15-17,22H2,1-4H3. The summed E-state index contributed by atoms with van der Waals surface area (Å²) in [5.41, 5.74) is 3.62. The maximum absolute atomic E-state index is 14.1. The van der Waals surface area contributed by atoms with E-state index in [4.69, 9.17) is 18.9 Å². The van der Waals surface area contributed by atoms with Crippen LogP contribution in [0.4, 0.5) is 4.39 Å². The number of ether oxygens (including phenoxy) is 4.